The molecule has 0 bridgehead atoms. The molecule has 0 aliphatic carbocycles. The van der Waals surface area contributed by atoms with Crippen molar-refractivity contribution < 1.29 is 54.9 Å². The van der Waals surface area contributed by atoms with Gasteiger partial charge in [0, 0.05) is 171 Å². The standard InChI is InChI=1S/C38H42N8O2.C34H38F3N7O2.C33H35ClF3N7O2/c1-27-9-6-10-28-11-7-14-34(36(27)28)44-20-17-32-33(25-44)41-38(48-26-30-13-8-19-43(30)3)42-37(32)45-21-22-46(31(24-45)23-39-2)35(47)16-15-29-12-4-5-18-40-29;1-22-8-5-9-24-10-6-12-29(30(22)24)42-15-13-27-28(20-42)39-33(46-21-25-11-7-14-41(25)4)40-31(27)43-16-17-44(26(19-43)18-38-3)32(45)23(2)34(35,36)37;1-38-18-24-19-43(16-17-44(24)29(45)11-13-33(35,36)37)31-25-12-15-42(28-10-4-7-22-6-3-9-26(34)30(22)28)20-27(25)39-32(40-31)46-21-23-8-5-14-41(23)2/h4-7,9-12,14-16,18,30-31H,8,13,17,19-26H2,1,3H3;5-6,8-10,12,25-26H,2,7,11,13-21H2,1,4H3;3-4,6-7,9-11,13,23-24H,5,8,12,14-21H2,2H3/b16-15+;;13-11+/t30-,31-;25-,26-;23-,24-/m000/s1. The summed E-state index contributed by atoms with van der Waals surface area (Å²) < 4.78 is 97.2. The Kier molecular flexibility index (Phi) is 30.5. The molecule has 13 heterocycles. The number of aryl methyl sites for hydroxylation is 2. The van der Waals surface area contributed by atoms with Crippen molar-refractivity contribution in [2.45, 2.75) is 140 Å². The Hall–Kier alpha value is -13.5. The molecule has 19 rings (SSSR count). The van der Waals surface area contributed by atoms with Crippen LogP contribution in [-0.2, 0) is 53.3 Å². The number of hydrogen-bond acceptors (Lipinski definition) is 22. The number of amides is 3. The highest BCUT2D eigenvalue weighted by atomic mass is 35.5. The van der Waals surface area contributed by atoms with Crippen LogP contribution in [0.1, 0.15) is 89.1 Å². The predicted octanol–water partition coefficient (Wildman–Crippen LogP) is 15.4. The second kappa shape index (κ2) is 43.5. The number of pyridine rings is 1. The number of fused-ring (bicyclic) bond motifs is 6. The Morgan fingerprint density at radius 3 is 1.19 bits per heavy atom. The number of piperazine rings is 3. The second-order valence-corrected chi connectivity index (χ2v) is 37.8. The van der Waals surface area contributed by atoms with E-state index >= 15 is 0 Å². The first kappa shape index (κ1) is 98.2. The molecule has 6 saturated heterocycles. The first-order valence-corrected chi connectivity index (χ1v) is 48.4. The number of alkyl halides is 6. The highest BCUT2D eigenvalue weighted by Gasteiger charge is 2.45. The highest BCUT2D eigenvalue weighted by molar-refractivity contribution is 6.36. The number of halogens is 7. The lowest BCUT2D eigenvalue weighted by molar-refractivity contribution is -0.141. The molecule has 9 aliphatic rings. The van der Waals surface area contributed by atoms with Crippen LogP contribution in [0.3, 0.4) is 0 Å². The number of aromatic nitrogens is 7. The van der Waals surface area contributed by atoms with Crippen molar-refractivity contribution >= 4 is 102 Å². The third kappa shape index (κ3) is 22.4. The van der Waals surface area contributed by atoms with E-state index in [1.807, 2.05) is 63.2 Å². The predicted molar refractivity (Wildman–Crippen MR) is 531 cm³/mol. The number of hydrogen-bond donors (Lipinski definition) is 0. The number of rotatable bonds is 22. The molecule has 0 unspecified atom stereocenters. The van der Waals surface area contributed by atoms with Crippen LogP contribution in [0.4, 0.5) is 60.9 Å². The van der Waals surface area contributed by atoms with Gasteiger partial charge in [0.2, 0.25) is 31.4 Å². The smallest absolute Gasteiger partial charge is 0.421 e. The zero-order valence-corrected chi connectivity index (χ0v) is 80.2. The number of anilines is 6. The molecule has 4 aromatic heterocycles. The Bertz CT molecular complexity index is 6420. The van der Waals surface area contributed by atoms with Crippen LogP contribution in [0.15, 0.2) is 164 Å². The first-order chi connectivity index (χ1) is 67.6. The quantitative estimate of drug-likeness (QED) is 0.0349. The third-order valence-corrected chi connectivity index (χ3v) is 28.8. The Labute approximate surface area is 816 Å². The van der Waals surface area contributed by atoms with Gasteiger partial charge in [-0.25, -0.2) is 19.7 Å². The van der Waals surface area contributed by atoms with Gasteiger partial charge in [0.1, 0.15) is 61.0 Å². The largest absolute Gasteiger partial charge is 0.462 e. The van der Waals surface area contributed by atoms with Gasteiger partial charge in [-0.15, -0.1) is 0 Å². The summed E-state index contributed by atoms with van der Waals surface area (Å²) in [5, 5.41) is 7.59. The van der Waals surface area contributed by atoms with Crippen LogP contribution in [-0.4, -0.2) is 289 Å². The molecule has 0 spiro atoms. The summed E-state index contributed by atoms with van der Waals surface area (Å²) in [7, 11) is 6.31. The van der Waals surface area contributed by atoms with Gasteiger partial charge in [0.25, 0.3) is 5.91 Å². The maximum Gasteiger partial charge on any atom is 0.421 e. The van der Waals surface area contributed by atoms with Gasteiger partial charge in [-0.1, -0.05) is 109 Å². The van der Waals surface area contributed by atoms with Gasteiger partial charge in [-0.3, -0.25) is 19.4 Å². The summed E-state index contributed by atoms with van der Waals surface area (Å²) in [6.45, 7) is 41.2. The second-order valence-electron chi connectivity index (χ2n) is 37.4. The number of nitrogens with zero attached hydrogens (tertiary/aromatic N) is 22. The van der Waals surface area contributed by atoms with Crippen molar-refractivity contribution in [3.8, 4) is 18.0 Å². The van der Waals surface area contributed by atoms with E-state index in [4.69, 9.17) is 75.4 Å². The van der Waals surface area contributed by atoms with Gasteiger partial charge in [-0.2, -0.15) is 56.2 Å². The van der Waals surface area contributed by atoms with Crippen molar-refractivity contribution in [2.75, 3.05) is 188 Å². The fourth-order valence-corrected chi connectivity index (χ4v) is 21.3. The summed E-state index contributed by atoms with van der Waals surface area (Å²) in [6.07, 6.45) is 4.67. The van der Waals surface area contributed by atoms with Crippen molar-refractivity contribution in [3.05, 3.63) is 254 Å². The van der Waals surface area contributed by atoms with Crippen LogP contribution in [0.5, 0.6) is 18.0 Å². The third-order valence-electron chi connectivity index (χ3n) is 28.5. The molecule has 6 atom stereocenters. The van der Waals surface area contributed by atoms with E-state index in [1.54, 1.807) is 18.3 Å². The molecule has 730 valence electrons. The minimum absolute atomic E-state index is 0.0113. The van der Waals surface area contributed by atoms with Gasteiger partial charge in [-0.05, 0) is 182 Å². The number of benzene rings is 6. The van der Waals surface area contributed by atoms with E-state index in [-0.39, 0.29) is 94.5 Å². The summed E-state index contributed by atoms with van der Waals surface area (Å²) in [6, 6.07) is 43.4. The number of likely N-dealkylation sites (N-methyl/N-ethyl adjacent to an activating group) is 3. The fraction of sp³-hybridized carbons (Fsp3) is 0.438. The average Bonchev–Trinajstić information content (AvgIpc) is 0.918. The van der Waals surface area contributed by atoms with Crippen molar-refractivity contribution in [1.29, 1.82) is 0 Å². The average molecular weight is 1930 g/mol. The summed E-state index contributed by atoms with van der Waals surface area (Å²) in [5.41, 5.74) is 10.8. The van der Waals surface area contributed by atoms with Crippen molar-refractivity contribution in [2.24, 2.45) is 0 Å². The summed E-state index contributed by atoms with van der Waals surface area (Å²) in [5.74, 6) is 0.160. The Balaban J connectivity index is 0.000000145. The fourth-order valence-electron chi connectivity index (χ4n) is 21.0. The number of carbonyl (C=O) groups excluding carboxylic acids is 3. The van der Waals surface area contributed by atoms with E-state index in [2.05, 4.69) is 174 Å². The van der Waals surface area contributed by atoms with E-state index in [9.17, 15) is 40.7 Å². The molecule has 10 aromatic rings. The lowest BCUT2D eigenvalue weighted by Crippen LogP contribution is -2.57. The molecule has 0 N–H and O–H groups in total. The molecule has 9 aliphatic heterocycles. The molecule has 6 fully saturated rings. The Morgan fingerprint density at radius 2 is 0.814 bits per heavy atom. The van der Waals surface area contributed by atoms with Crippen molar-refractivity contribution in [1.82, 2.24) is 64.3 Å². The lowest BCUT2D eigenvalue weighted by Gasteiger charge is -2.41. The lowest BCUT2D eigenvalue weighted by atomic mass is 9.99. The SMILES string of the molecule is [C-]#[N+]C[C@H]1CN(c2nc(OC[C@@H]3CCCN3C)nc3c2CCN(c2cccc4cccc(C)c24)C3)CCN1C(=O)/C=C/c1ccccn1.[C-]#[N+]C[C@H]1CN(c2nc(OC[C@@H]3CCCN3C)nc3c2CCN(c2cccc4cccc(C)c24)C3)CCN1C(=O)C(=C)C(F)(F)F.[C-]#[N+]C[C@H]1CN(c2nc(OC[C@@H]3CCCN3C)nc3c2CCN(c2cccc4cccc(Cl)c24)C3)CCN1C(=O)/C=C/C(F)(F)F. The number of allylic oxidation sites excluding steroid dienone is 1. The van der Waals surface area contributed by atoms with Gasteiger partial charge in [0.05, 0.1) is 47.4 Å². The molecule has 140 heavy (non-hydrogen) atoms. The maximum atomic E-state index is 13.4. The molecule has 0 saturated carbocycles. The molecule has 3 amide bonds. The zero-order chi connectivity index (χ0) is 98.0. The van der Waals surface area contributed by atoms with Gasteiger partial charge < -0.3 is 87.5 Å². The zero-order valence-electron chi connectivity index (χ0n) is 79.5. The molecule has 28 nitrogen and oxygen atoms in total. The molecule has 0 radical (unpaired) electrons. The van der Waals surface area contributed by atoms with Crippen LogP contribution >= 0.6 is 11.6 Å². The minimum atomic E-state index is -4.84. The summed E-state index contributed by atoms with van der Waals surface area (Å²) >= 11 is 6.67. The van der Waals surface area contributed by atoms with E-state index < -0.39 is 41.8 Å². The van der Waals surface area contributed by atoms with Crippen LogP contribution in [0.25, 0.3) is 52.9 Å². The highest BCUT2D eigenvalue weighted by Crippen LogP contribution is 2.43. The molecular formula is C105H115ClF6N22O6. The number of carbonyl (C=O) groups is 3. The normalized spacial score (nSPS) is 20.4. The van der Waals surface area contributed by atoms with E-state index in [1.165, 1.54) is 49.7 Å². The number of ether oxygens (including phenoxy) is 3. The summed E-state index contributed by atoms with van der Waals surface area (Å²) in [4.78, 5) is 108. The monoisotopic (exact) mass is 1930 g/mol. The molecule has 35 heteroatoms. The van der Waals surface area contributed by atoms with E-state index in [0.717, 1.165) is 144 Å². The topological polar surface area (TPSA) is 221 Å². The molecule has 6 aromatic carbocycles. The molecular weight excluding hydrogens is 1810 g/mol. The van der Waals surface area contributed by atoms with Gasteiger partial charge >= 0.3 is 30.4 Å². The van der Waals surface area contributed by atoms with Crippen LogP contribution < -0.4 is 43.6 Å². The van der Waals surface area contributed by atoms with Crippen LogP contribution in [0.2, 0.25) is 5.02 Å². The number of likely N-dealkylation sites (tertiary alicyclic amines) is 3. The Morgan fingerprint density at radius 1 is 0.443 bits per heavy atom. The van der Waals surface area contributed by atoms with Gasteiger partial charge in [0.15, 0.2) is 0 Å². The van der Waals surface area contributed by atoms with Crippen LogP contribution in [0, 0.1) is 33.6 Å². The van der Waals surface area contributed by atoms with E-state index in [0.29, 0.717) is 120 Å². The maximum absolute atomic E-state index is 13.4. The first-order valence-electron chi connectivity index (χ1n) is 48.0. The minimum Gasteiger partial charge on any atom is -0.462 e. The van der Waals surface area contributed by atoms with Crippen molar-refractivity contribution in [3.63, 3.8) is 0 Å².